The first-order valence-corrected chi connectivity index (χ1v) is 5.56. The maximum atomic E-state index is 14.1. The van der Waals surface area contributed by atoms with E-state index in [0.717, 1.165) is 4.57 Å². The molecule has 0 unspecified atom stereocenters. The minimum Gasteiger partial charge on any atom is -0.408 e. The Morgan fingerprint density at radius 1 is 1.68 bits per heavy atom. The van der Waals surface area contributed by atoms with Crippen LogP contribution in [0.25, 0.3) is 0 Å². The van der Waals surface area contributed by atoms with E-state index in [1.165, 1.54) is 19.2 Å². The van der Waals surface area contributed by atoms with Gasteiger partial charge in [0.1, 0.15) is 17.5 Å². The van der Waals surface area contributed by atoms with Gasteiger partial charge in [0.25, 0.3) is 5.62 Å². The summed E-state index contributed by atoms with van der Waals surface area (Å²) in [5.41, 5.74) is 3.72. The zero-order valence-electron chi connectivity index (χ0n) is 10.1. The molecule has 1 aliphatic heterocycles. The summed E-state index contributed by atoms with van der Waals surface area (Å²) in [6.07, 6.45) is -3.27. The highest BCUT2D eigenvalue weighted by atomic mass is 19.1. The standard InChI is InChI=1S/C10H15FN4O4/c1-10(4-16)7(17)6(11)8(19-10)15-3-2-5(12)13-9(15)14-18/h2-3,6-8,16-18H,4H2,1H3,(H2,12,13,14)/t6-,7-,8+,10+/m0/s1. The van der Waals surface area contributed by atoms with Gasteiger partial charge in [-0.3, -0.25) is 4.57 Å². The average Bonchev–Trinajstić information content (AvgIpc) is 2.64. The number of rotatable bonds is 2. The van der Waals surface area contributed by atoms with Crippen LogP contribution in [-0.4, -0.2) is 49.5 Å². The Balaban J connectivity index is 2.44. The quantitative estimate of drug-likeness (QED) is 0.393. The average molecular weight is 274 g/mol. The molecule has 19 heavy (non-hydrogen) atoms. The summed E-state index contributed by atoms with van der Waals surface area (Å²) < 4.78 is 20.5. The Hall–Kier alpha value is -1.71. The smallest absolute Gasteiger partial charge is 0.270 e. The Labute approximate surface area is 107 Å². The van der Waals surface area contributed by atoms with E-state index in [0.29, 0.717) is 0 Å². The van der Waals surface area contributed by atoms with Gasteiger partial charge >= 0.3 is 0 Å². The number of alkyl halides is 1. The predicted molar refractivity (Wildman–Crippen MR) is 60.5 cm³/mol. The van der Waals surface area contributed by atoms with Gasteiger partial charge in [-0.2, -0.15) is 4.98 Å². The molecule has 9 heteroatoms. The number of nitrogen functional groups attached to an aromatic ring is 1. The third kappa shape index (κ3) is 2.15. The highest BCUT2D eigenvalue weighted by molar-refractivity contribution is 5.23. The van der Waals surface area contributed by atoms with Gasteiger partial charge in [-0.1, -0.05) is 0 Å². The number of halogens is 1. The van der Waals surface area contributed by atoms with Crippen molar-refractivity contribution >= 4 is 5.82 Å². The normalized spacial score (nSPS) is 35.8. The number of nitrogens with zero attached hydrogens (tertiary/aromatic N) is 3. The van der Waals surface area contributed by atoms with Gasteiger partial charge in [-0.15, -0.1) is 0 Å². The molecular formula is C10H15FN4O4. The monoisotopic (exact) mass is 274 g/mol. The lowest BCUT2D eigenvalue weighted by molar-refractivity contribution is -0.117. The maximum Gasteiger partial charge on any atom is 0.270 e. The molecule has 1 saturated heterocycles. The Morgan fingerprint density at radius 3 is 2.89 bits per heavy atom. The van der Waals surface area contributed by atoms with Gasteiger partial charge in [-0.05, 0) is 18.1 Å². The summed E-state index contributed by atoms with van der Waals surface area (Å²) in [4.78, 5) is 3.70. The van der Waals surface area contributed by atoms with Crippen LogP contribution < -0.4 is 11.4 Å². The Morgan fingerprint density at radius 2 is 2.37 bits per heavy atom. The van der Waals surface area contributed by atoms with Crippen LogP contribution in [0, 0.1) is 0 Å². The van der Waals surface area contributed by atoms with E-state index in [1.54, 1.807) is 0 Å². The van der Waals surface area contributed by atoms with Crippen molar-refractivity contribution in [2.75, 3.05) is 12.3 Å². The fraction of sp³-hybridized carbons (Fsp3) is 0.600. The topological polar surface area (TPSA) is 126 Å². The van der Waals surface area contributed by atoms with Gasteiger partial charge in [0.15, 0.2) is 12.4 Å². The van der Waals surface area contributed by atoms with Crippen LogP contribution in [0.5, 0.6) is 0 Å². The molecule has 0 amide bonds. The van der Waals surface area contributed by atoms with Crippen molar-refractivity contribution in [3.8, 4) is 0 Å². The van der Waals surface area contributed by atoms with Gasteiger partial charge in [0.05, 0.1) is 6.61 Å². The number of hydrogen-bond acceptors (Lipinski definition) is 7. The van der Waals surface area contributed by atoms with Crippen LogP contribution in [-0.2, 0) is 4.74 Å². The zero-order chi connectivity index (χ0) is 14.2. The van der Waals surface area contributed by atoms with Crippen molar-refractivity contribution in [3.05, 3.63) is 17.9 Å². The second-order valence-corrected chi connectivity index (χ2v) is 4.53. The fourth-order valence-corrected chi connectivity index (χ4v) is 1.95. The molecule has 0 bridgehead atoms. The lowest BCUT2D eigenvalue weighted by Gasteiger charge is -2.24. The van der Waals surface area contributed by atoms with Gasteiger partial charge in [0.2, 0.25) is 0 Å². The first-order valence-electron chi connectivity index (χ1n) is 5.56. The van der Waals surface area contributed by atoms with E-state index in [4.69, 9.17) is 15.7 Å². The van der Waals surface area contributed by atoms with Crippen LogP contribution in [0.15, 0.2) is 17.4 Å². The lowest BCUT2D eigenvalue weighted by Crippen LogP contribution is -2.42. The molecule has 1 fully saturated rings. The molecule has 1 aromatic heterocycles. The van der Waals surface area contributed by atoms with Crippen LogP contribution >= 0.6 is 0 Å². The molecule has 106 valence electrons. The lowest BCUT2D eigenvalue weighted by atomic mass is 9.99. The van der Waals surface area contributed by atoms with Crippen LogP contribution in [0.3, 0.4) is 0 Å². The number of aromatic nitrogens is 2. The molecule has 1 aromatic rings. The summed E-state index contributed by atoms with van der Waals surface area (Å²) in [6, 6.07) is 1.37. The van der Waals surface area contributed by atoms with E-state index >= 15 is 0 Å². The molecule has 0 saturated carbocycles. The highest BCUT2D eigenvalue weighted by Gasteiger charge is 2.53. The first kappa shape index (κ1) is 13.7. The molecule has 0 radical (unpaired) electrons. The van der Waals surface area contributed by atoms with Crippen LogP contribution in [0.2, 0.25) is 0 Å². The molecule has 1 aliphatic rings. The maximum absolute atomic E-state index is 14.1. The minimum absolute atomic E-state index is 0.0860. The number of aliphatic hydroxyl groups is 2. The number of nitrogens with two attached hydrogens (primary N) is 1. The van der Waals surface area contributed by atoms with Gasteiger partial charge < -0.3 is 25.9 Å². The van der Waals surface area contributed by atoms with Gasteiger partial charge in [-0.25, -0.2) is 4.39 Å². The van der Waals surface area contributed by atoms with Crippen molar-refractivity contribution in [1.82, 2.24) is 9.55 Å². The summed E-state index contributed by atoms with van der Waals surface area (Å²) in [6.45, 7) is 0.824. The van der Waals surface area contributed by atoms with E-state index in [1.807, 2.05) is 0 Å². The molecule has 0 spiro atoms. The second-order valence-electron chi connectivity index (χ2n) is 4.53. The number of aliphatic hydroxyl groups excluding tert-OH is 2. The van der Waals surface area contributed by atoms with Crippen molar-refractivity contribution < 1.29 is 24.5 Å². The molecule has 4 atom stereocenters. The summed E-state index contributed by atoms with van der Waals surface area (Å²) in [5, 5.41) is 30.7. The van der Waals surface area contributed by atoms with Crippen molar-refractivity contribution in [2.45, 2.75) is 31.0 Å². The molecular weight excluding hydrogens is 259 g/mol. The summed E-state index contributed by atoms with van der Waals surface area (Å²) in [5.74, 6) is 0.0860. The SMILES string of the molecule is C[C@]1(CO)O[C@@H](n2ccc(N)n/c2=N\O)[C@@H](F)[C@@H]1O. The van der Waals surface area contributed by atoms with E-state index < -0.39 is 30.7 Å². The van der Waals surface area contributed by atoms with Crippen LogP contribution in [0.4, 0.5) is 10.2 Å². The minimum atomic E-state index is -1.81. The van der Waals surface area contributed by atoms with E-state index in [-0.39, 0.29) is 11.4 Å². The Kier molecular flexibility index (Phi) is 3.43. The third-order valence-corrected chi connectivity index (χ3v) is 3.13. The van der Waals surface area contributed by atoms with Gasteiger partial charge in [0, 0.05) is 6.20 Å². The van der Waals surface area contributed by atoms with E-state index in [2.05, 4.69) is 10.1 Å². The Bertz CT molecular complexity index is 537. The molecule has 2 heterocycles. The summed E-state index contributed by atoms with van der Waals surface area (Å²) >= 11 is 0. The molecule has 0 aliphatic carbocycles. The summed E-state index contributed by atoms with van der Waals surface area (Å²) in [7, 11) is 0. The zero-order valence-corrected chi connectivity index (χ0v) is 10.1. The number of ether oxygens (including phenoxy) is 1. The predicted octanol–water partition coefficient (Wildman–Crippen LogP) is -1.27. The first-order chi connectivity index (χ1) is 8.92. The van der Waals surface area contributed by atoms with E-state index in [9.17, 15) is 14.6 Å². The highest BCUT2D eigenvalue weighted by Crippen LogP contribution is 2.37. The molecule has 8 nitrogen and oxygen atoms in total. The largest absolute Gasteiger partial charge is 0.408 e. The molecule has 0 aromatic carbocycles. The third-order valence-electron chi connectivity index (χ3n) is 3.13. The van der Waals surface area contributed by atoms with Crippen LogP contribution in [0.1, 0.15) is 13.2 Å². The fourth-order valence-electron chi connectivity index (χ4n) is 1.95. The second kappa shape index (κ2) is 4.76. The molecule has 5 N–H and O–H groups in total. The van der Waals surface area contributed by atoms with Crippen molar-refractivity contribution in [2.24, 2.45) is 5.16 Å². The number of anilines is 1. The number of hydrogen-bond donors (Lipinski definition) is 4. The van der Waals surface area contributed by atoms with Crippen molar-refractivity contribution in [1.29, 1.82) is 0 Å². The molecule has 2 rings (SSSR count). The van der Waals surface area contributed by atoms with Crippen molar-refractivity contribution in [3.63, 3.8) is 0 Å².